The van der Waals surface area contributed by atoms with Gasteiger partial charge in [0.25, 0.3) is 11.6 Å². The molecule has 0 saturated heterocycles. The Morgan fingerprint density at radius 3 is 2.83 bits per heavy atom. The number of aromatic amines is 1. The third-order valence-corrected chi connectivity index (χ3v) is 4.13. The Bertz CT molecular complexity index is 965. The lowest BCUT2D eigenvalue weighted by atomic mass is 10.1. The van der Waals surface area contributed by atoms with Gasteiger partial charge in [0.15, 0.2) is 5.13 Å². The lowest BCUT2D eigenvalue weighted by Gasteiger charge is -2.14. The van der Waals surface area contributed by atoms with Gasteiger partial charge in [0, 0.05) is 47.7 Å². The molecule has 1 amide bonds. The van der Waals surface area contributed by atoms with Crippen LogP contribution in [-0.2, 0) is 0 Å². The molecule has 0 aliphatic rings. The van der Waals surface area contributed by atoms with Crippen molar-refractivity contribution in [2.45, 2.75) is 0 Å². The van der Waals surface area contributed by atoms with E-state index in [9.17, 15) is 19.7 Å². The van der Waals surface area contributed by atoms with Gasteiger partial charge in [-0.25, -0.2) is 4.98 Å². The van der Waals surface area contributed by atoms with Crippen molar-refractivity contribution in [1.29, 1.82) is 0 Å². The summed E-state index contributed by atoms with van der Waals surface area (Å²) in [6.45, 7) is 0. The lowest BCUT2D eigenvalue weighted by Crippen LogP contribution is -2.27. The van der Waals surface area contributed by atoms with Crippen molar-refractivity contribution < 1.29 is 9.72 Å². The van der Waals surface area contributed by atoms with E-state index in [1.165, 1.54) is 41.5 Å². The first kappa shape index (κ1) is 14.9. The van der Waals surface area contributed by atoms with Gasteiger partial charge in [-0.2, -0.15) is 0 Å². The number of non-ortho nitro benzene ring substituents is 1. The standard InChI is InChI=1S/C14H10N4O4S/c1-17(14-15-4-5-23-14)13(20)10-7-12(19)16-11-3-2-8(18(21)22)6-9(10)11/h2-7H,1H3,(H,16,19). The summed E-state index contributed by atoms with van der Waals surface area (Å²) >= 11 is 1.27. The Morgan fingerprint density at radius 2 is 2.17 bits per heavy atom. The number of nitro groups is 1. The SMILES string of the molecule is CN(C(=O)c1cc(=O)[nH]c2ccc([N+](=O)[O-])cc12)c1nccs1. The van der Waals surface area contributed by atoms with E-state index in [0.717, 1.165) is 6.07 Å². The maximum absolute atomic E-state index is 12.7. The maximum atomic E-state index is 12.7. The fraction of sp³-hybridized carbons (Fsp3) is 0.0714. The number of nitrogens with zero attached hydrogens (tertiary/aromatic N) is 3. The molecule has 0 atom stereocenters. The van der Waals surface area contributed by atoms with E-state index in [-0.39, 0.29) is 11.3 Å². The normalized spacial score (nSPS) is 10.7. The number of hydrogen-bond acceptors (Lipinski definition) is 6. The second-order valence-corrected chi connectivity index (χ2v) is 5.59. The summed E-state index contributed by atoms with van der Waals surface area (Å²) in [5.41, 5.74) is -0.165. The Labute approximate surface area is 133 Å². The number of carbonyl (C=O) groups is 1. The number of nitrogens with one attached hydrogen (secondary N) is 1. The van der Waals surface area contributed by atoms with E-state index in [2.05, 4.69) is 9.97 Å². The van der Waals surface area contributed by atoms with Gasteiger partial charge in [0.2, 0.25) is 5.56 Å². The van der Waals surface area contributed by atoms with Gasteiger partial charge >= 0.3 is 0 Å². The van der Waals surface area contributed by atoms with Crippen molar-refractivity contribution in [3.8, 4) is 0 Å². The zero-order valence-electron chi connectivity index (χ0n) is 11.8. The minimum atomic E-state index is -0.552. The number of fused-ring (bicyclic) bond motifs is 1. The molecule has 0 fully saturated rings. The highest BCUT2D eigenvalue weighted by Crippen LogP contribution is 2.24. The minimum Gasteiger partial charge on any atom is -0.322 e. The summed E-state index contributed by atoms with van der Waals surface area (Å²) in [7, 11) is 1.53. The second kappa shape index (κ2) is 5.61. The van der Waals surface area contributed by atoms with E-state index in [1.807, 2.05) is 0 Å². The number of pyridine rings is 1. The number of H-pyrrole nitrogens is 1. The van der Waals surface area contributed by atoms with Crippen LogP contribution in [0, 0.1) is 10.1 Å². The number of amides is 1. The number of benzene rings is 1. The molecular formula is C14H10N4O4S. The molecule has 116 valence electrons. The van der Waals surface area contributed by atoms with Gasteiger partial charge in [-0.1, -0.05) is 0 Å². The number of nitro benzene ring substituents is 1. The van der Waals surface area contributed by atoms with E-state index in [4.69, 9.17) is 0 Å². The molecule has 0 aliphatic carbocycles. The van der Waals surface area contributed by atoms with Crippen LogP contribution in [0.4, 0.5) is 10.8 Å². The molecular weight excluding hydrogens is 320 g/mol. The Kier molecular flexibility index (Phi) is 3.62. The monoisotopic (exact) mass is 330 g/mol. The maximum Gasteiger partial charge on any atom is 0.270 e. The van der Waals surface area contributed by atoms with E-state index < -0.39 is 16.4 Å². The Balaban J connectivity index is 2.19. The molecule has 1 aromatic carbocycles. The van der Waals surface area contributed by atoms with Crippen LogP contribution in [0.15, 0.2) is 40.6 Å². The molecule has 0 unspecified atom stereocenters. The number of aromatic nitrogens is 2. The molecule has 3 rings (SSSR count). The van der Waals surface area contributed by atoms with Crippen LogP contribution in [0.1, 0.15) is 10.4 Å². The quantitative estimate of drug-likeness (QED) is 0.584. The molecule has 0 radical (unpaired) electrons. The van der Waals surface area contributed by atoms with Crippen LogP contribution < -0.4 is 10.5 Å². The molecule has 1 N–H and O–H groups in total. The van der Waals surface area contributed by atoms with Crippen LogP contribution in [0.2, 0.25) is 0 Å². The fourth-order valence-electron chi connectivity index (χ4n) is 2.18. The van der Waals surface area contributed by atoms with E-state index >= 15 is 0 Å². The van der Waals surface area contributed by atoms with Crippen molar-refractivity contribution in [2.75, 3.05) is 11.9 Å². The zero-order chi connectivity index (χ0) is 16.6. The number of anilines is 1. The van der Waals surface area contributed by atoms with Crippen molar-refractivity contribution >= 4 is 39.0 Å². The Hall–Kier alpha value is -3.07. The van der Waals surface area contributed by atoms with Crippen LogP contribution in [-0.4, -0.2) is 27.8 Å². The molecule has 9 heteroatoms. The lowest BCUT2D eigenvalue weighted by molar-refractivity contribution is -0.384. The highest BCUT2D eigenvalue weighted by molar-refractivity contribution is 7.13. The molecule has 0 aliphatic heterocycles. The van der Waals surface area contributed by atoms with Crippen LogP contribution in [0.25, 0.3) is 10.9 Å². The zero-order valence-corrected chi connectivity index (χ0v) is 12.7. The first-order valence-electron chi connectivity index (χ1n) is 6.46. The van der Waals surface area contributed by atoms with Crippen LogP contribution in [0.3, 0.4) is 0 Å². The van der Waals surface area contributed by atoms with Gasteiger partial charge in [0.05, 0.1) is 10.5 Å². The van der Waals surface area contributed by atoms with Crippen molar-refractivity contribution in [2.24, 2.45) is 0 Å². The second-order valence-electron chi connectivity index (χ2n) is 4.71. The van der Waals surface area contributed by atoms with Crippen molar-refractivity contribution in [3.05, 3.63) is 61.9 Å². The molecule has 0 spiro atoms. The van der Waals surface area contributed by atoms with E-state index in [0.29, 0.717) is 16.0 Å². The molecule has 8 nitrogen and oxygen atoms in total. The highest BCUT2D eigenvalue weighted by Gasteiger charge is 2.20. The molecule has 2 heterocycles. The van der Waals surface area contributed by atoms with Gasteiger partial charge in [0.1, 0.15) is 0 Å². The average molecular weight is 330 g/mol. The summed E-state index contributed by atoms with van der Waals surface area (Å²) in [6, 6.07) is 5.10. The number of hydrogen-bond donors (Lipinski definition) is 1. The third-order valence-electron chi connectivity index (χ3n) is 3.28. The Morgan fingerprint density at radius 1 is 1.39 bits per heavy atom. The third kappa shape index (κ3) is 2.69. The summed E-state index contributed by atoms with van der Waals surface area (Å²) in [5.74, 6) is -0.462. The number of carbonyl (C=O) groups excluding carboxylic acids is 1. The molecule has 3 aromatic rings. The van der Waals surface area contributed by atoms with Gasteiger partial charge < -0.3 is 4.98 Å². The fourth-order valence-corrected chi connectivity index (χ4v) is 2.79. The summed E-state index contributed by atoms with van der Waals surface area (Å²) in [5, 5.41) is 13.4. The number of rotatable bonds is 3. The first-order chi connectivity index (χ1) is 11.0. The summed E-state index contributed by atoms with van der Waals surface area (Å²) in [4.78, 5) is 42.7. The first-order valence-corrected chi connectivity index (χ1v) is 7.34. The highest BCUT2D eigenvalue weighted by atomic mass is 32.1. The summed E-state index contributed by atoms with van der Waals surface area (Å²) in [6.07, 6.45) is 1.56. The topological polar surface area (TPSA) is 109 Å². The predicted molar refractivity (Wildman–Crippen MR) is 86.1 cm³/mol. The molecule has 23 heavy (non-hydrogen) atoms. The van der Waals surface area contributed by atoms with Crippen LogP contribution >= 0.6 is 11.3 Å². The largest absolute Gasteiger partial charge is 0.322 e. The molecule has 2 aromatic heterocycles. The average Bonchev–Trinajstić information content (AvgIpc) is 3.06. The summed E-state index contributed by atoms with van der Waals surface area (Å²) < 4.78 is 0. The minimum absolute atomic E-state index is 0.0881. The van der Waals surface area contributed by atoms with Crippen molar-refractivity contribution in [3.63, 3.8) is 0 Å². The molecule has 0 bridgehead atoms. The van der Waals surface area contributed by atoms with Gasteiger partial charge in [-0.05, 0) is 6.07 Å². The van der Waals surface area contributed by atoms with Crippen LogP contribution in [0.5, 0.6) is 0 Å². The van der Waals surface area contributed by atoms with Gasteiger partial charge in [-0.15, -0.1) is 11.3 Å². The molecule has 0 saturated carbocycles. The number of thiazole rings is 1. The predicted octanol–water partition coefficient (Wildman–Crippen LogP) is 2.17. The van der Waals surface area contributed by atoms with Crippen molar-refractivity contribution in [1.82, 2.24) is 9.97 Å². The van der Waals surface area contributed by atoms with Gasteiger partial charge in [-0.3, -0.25) is 24.6 Å². The van der Waals surface area contributed by atoms with E-state index in [1.54, 1.807) is 11.6 Å². The smallest absolute Gasteiger partial charge is 0.270 e.